The molecule has 0 aromatic carbocycles. The van der Waals surface area contributed by atoms with Gasteiger partial charge in [-0.1, -0.05) is 6.92 Å². The highest BCUT2D eigenvalue weighted by molar-refractivity contribution is 4.80. The molecule has 1 aliphatic rings. The second-order valence-corrected chi connectivity index (χ2v) is 5.29. The third-order valence-electron chi connectivity index (χ3n) is 3.93. The van der Waals surface area contributed by atoms with Crippen LogP contribution in [0.1, 0.15) is 33.1 Å². The number of nitrogens with two attached hydrogens (primary N) is 1. The van der Waals surface area contributed by atoms with Crippen molar-refractivity contribution in [2.24, 2.45) is 5.73 Å². The molecule has 1 saturated heterocycles. The predicted octanol–water partition coefficient (Wildman–Crippen LogP) is 1.16. The van der Waals surface area contributed by atoms with Gasteiger partial charge in [0, 0.05) is 32.3 Å². The number of likely N-dealkylation sites (N-methyl/N-ethyl adjacent to an activating group) is 2. The van der Waals surface area contributed by atoms with Crippen LogP contribution in [0.2, 0.25) is 0 Å². The van der Waals surface area contributed by atoms with Crippen LogP contribution in [0.25, 0.3) is 0 Å². The molecule has 1 rings (SSSR count). The van der Waals surface area contributed by atoms with Crippen LogP contribution in [-0.4, -0.2) is 68.3 Å². The summed E-state index contributed by atoms with van der Waals surface area (Å²) in [6.07, 6.45) is 3.98. The molecule has 2 N–H and O–H groups in total. The van der Waals surface area contributed by atoms with Gasteiger partial charge < -0.3 is 15.4 Å². The lowest BCUT2D eigenvalue weighted by atomic mass is 10.2. The van der Waals surface area contributed by atoms with Crippen molar-refractivity contribution in [1.82, 2.24) is 9.80 Å². The fourth-order valence-electron chi connectivity index (χ4n) is 2.84. The second kappa shape index (κ2) is 8.86. The van der Waals surface area contributed by atoms with Crippen LogP contribution in [0.4, 0.5) is 0 Å². The van der Waals surface area contributed by atoms with Crippen LogP contribution in [0, 0.1) is 0 Å². The summed E-state index contributed by atoms with van der Waals surface area (Å²) < 4.78 is 5.59. The van der Waals surface area contributed by atoms with E-state index in [1.165, 1.54) is 32.5 Å². The van der Waals surface area contributed by atoms with Gasteiger partial charge in [-0.3, -0.25) is 4.90 Å². The number of hydrogen-bond donors (Lipinski definition) is 1. The van der Waals surface area contributed by atoms with Gasteiger partial charge in [-0.25, -0.2) is 0 Å². The minimum Gasteiger partial charge on any atom is -0.377 e. The maximum Gasteiger partial charge on any atom is 0.0709 e. The topological polar surface area (TPSA) is 41.7 Å². The SMILES string of the molecule is CCOC(CN)CCN(C)CC1CCCN1CC. The van der Waals surface area contributed by atoms with E-state index in [1.807, 2.05) is 6.92 Å². The second-order valence-electron chi connectivity index (χ2n) is 5.29. The van der Waals surface area contributed by atoms with Crippen molar-refractivity contribution < 1.29 is 4.74 Å². The van der Waals surface area contributed by atoms with Crippen molar-refractivity contribution in [1.29, 1.82) is 0 Å². The van der Waals surface area contributed by atoms with E-state index in [-0.39, 0.29) is 6.10 Å². The minimum atomic E-state index is 0.225. The van der Waals surface area contributed by atoms with Gasteiger partial charge in [-0.2, -0.15) is 0 Å². The lowest BCUT2D eigenvalue weighted by molar-refractivity contribution is 0.0545. The molecular weight excluding hydrogens is 226 g/mol. The molecule has 4 heteroatoms. The van der Waals surface area contributed by atoms with Crippen LogP contribution < -0.4 is 5.73 Å². The van der Waals surface area contributed by atoms with Gasteiger partial charge in [0.15, 0.2) is 0 Å². The van der Waals surface area contributed by atoms with Gasteiger partial charge in [-0.15, -0.1) is 0 Å². The maximum atomic E-state index is 5.70. The van der Waals surface area contributed by atoms with Gasteiger partial charge in [0.05, 0.1) is 6.10 Å². The zero-order valence-electron chi connectivity index (χ0n) is 12.4. The van der Waals surface area contributed by atoms with Crippen molar-refractivity contribution in [3.63, 3.8) is 0 Å². The third kappa shape index (κ3) is 5.22. The molecule has 1 aliphatic heterocycles. The van der Waals surface area contributed by atoms with Crippen molar-refractivity contribution in [3.05, 3.63) is 0 Å². The summed E-state index contributed by atoms with van der Waals surface area (Å²) in [5.41, 5.74) is 5.70. The highest BCUT2D eigenvalue weighted by Gasteiger charge is 2.23. The molecule has 0 spiro atoms. The van der Waals surface area contributed by atoms with Gasteiger partial charge in [0.2, 0.25) is 0 Å². The fourth-order valence-corrected chi connectivity index (χ4v) is 2.84. The summed E-state index contributed by atoms with van der Waals surface area (Å²) in [7, 11) is 2.21. The molecule has 0 radical (unpaired) electrons. The monoisotopic (exact) mass is 257 g/mol. The summed E-state index contributed by atoms with van der Waals surface area (Å²) >= 11 is 0. The average molecular weight is 257 g/mol. The van der Waals surface area contributed by atoms with E-state index in [0.29, 0.717) is 6.54 Å². The molecular formula is C14H31N3O. The van der Waals surface area contributed by atoms with Gasteiger partial charge in [0.25, 0.3) is 0 Å². The van der Waals surface area contributed by atoms with E-state index in [0.717, 1.165) is 25.6 Å². The van der Waals surface area contributed by atoms with E-state index >= 15 is 0 Å². The first-order chi connectivity index (χ1) is 8.71. The van der Waals surface area contributed by atoms with Crippen LogP contribution in [0.3, 0.4) is 0 Å². The largest absolute Gasteiger partial charge is 0.377 e. The van der Waals surface area contributed by atoms with E-state index in [4.69, 9.17) is 10.5 Å². The first-order valence-corrected chi connectivity index (χ1v) is 7.45. The fraction of sp³-hybridized carbons (Fsp3) is 1.00. The van der Waals surface area contributed by atoms with Gasteiger partial charge >= 0.3 is 0 Å². The van der Waals surface area contributed by atoms with Crippen molar-refractivity contribution in [2.45, 2.75) is 45.3 Å². The Morgan fingerprint density at radius 3 is 2.83 bits per heavy atom. The summed E-state index contributed by atoms with van der Waals surface area (Å²) in [6.45, 7) is 10.4. The number of nitrogens with zero attached hydrogens (tertiary/aromatic N) is 2. The smallest absolute Gasteiger partial charge is 0.0709 e. The Bertz CT molecular complexity index is 213. The molecule has 1 fully saturated rings. The lowest BCUT2D eigenvalue weighted by Crippen LogP contribution is -2.40. The van der Waals surface area contributed by atoms with E-state index in [1.54, 1.807) is 0 Å². The van der Waals surface area contributed by atoms with Gasteiger partial charge in [-0.05, 0) is 46.3 Å². The number of hydrogen-bond acceptors (Lipinski definition) is 4. The quantitative estimate of drug-likeness (QED) is 0.673. The minimum absolute atomic E-state index is 0.225. The molecule has 1 heterocycles. The molecule has 0 aromatic heterocycles. The normalized spacial score (nSPS) is 22.8. The molecule has 0 aliphatic carbocycles. The van der Waals surface area contributed by atoms with E-state index in [9.17, 15) is 0 Å². The average Bonchev–Trinajstić information content (AvgIpc) is 2.81. The zero-order chi connectivity index (χ0) is 13.4. The lowest BCUT2D eigenvalue weighted by Gasteiger charge is -2.28. The Kier molecular flexibility index (Phi) is 7.82. The summed E-state index contributed by atoms with van der Waals surface area (Å²) in [5, 5.41) is 0. The molecule has 2 atom stereocenters. The summed E-state index contributed by atoms with van der Waals surface area (Å²) in [5.74, 6) is 0. The van der Waals surface area contributed by atoms with Crippen molar-refractivity contribution >= 4 is 0 Å². The Morgan fingerprint density at radius 2 is 2.22 bits per heavy atom. The highest BCUT2D eigenvalue weighted by Crippen LogP contribution is 2.17. The molecule has 108 valence electrons. The first-order valence-electron chi connectivity index (χ1n) is 7.45. The molecule has 0 amide bonds. The van der Waals surface area contributed by atoms with Crippen LogP contribution in [0.5, 0.6) is 0 Å². The van der Waals surface area contributed by atoms with E-state index < -0.39 is 0 Å². The summed E-state index contributed by atoms with van der Waals surface area (Å²) in [4.78, 5) is 5.03. The summed E-state index contributed by atoms with van der Waals surface area (Å²) in [6, 6.07) is 0.753. The molecule has 0 bridgehead atoms. The number of rotatable bonds is 9. The molecule has 2 unspecified atom stereocenters. The van der Waals surface area contributed by atoms with Gasteiger partial charge in [0.1, 0.15) is 0 Å². The van der Waals surface area contributed by atoms with Crippen LogP contribution in [0.15, 0.2) is 0 Å². The first kappa shape index (κ1) is 15.9. The maximum absolute atomic E-state index is 5.70. The van der Waals surface area contributed by atoms with Crippen LogP contribution >= 0.6 is 0 Å². The Labute approximate surface area is 112 Å². The van der Waals surface area contributed by atoms with Crippen LogP contribution in [-0.2, 0) is 4.74 Å². The molecule has 0 saturated carbocycles. The number of likely N-dealkylation sites (tertiary alicyclic amines) is 1. The molecule has 0 aromatic rings. The molecule has 18 heavy (non-hydrogen) atoms. The zero-order valence-corrected chi connectivity index (χ0v) is 12.4. The van der Waals surface area contributed by atoms with Crippen molar-refractivity contribution in [3.8, 4) is 0 Å². The predicted molar refractivity (Wildman–Crippen MR) is 76.9 cm³/mol. The highest BCUT2D eigenvalue weighted by atomic mass is 16.5. The Morgan fingerprint density at radius 1 is 1.44 bits per heavy atom. The number of ether oxygens (including phenoxy) is 1. The van der Waals surface area contributed by atoms with Crippen molar-refractivity contribution in [2.75, 3.05) is 46.4 Å². The standard InChI is InChI=1S/C14H31N3O/c1-4-17-9-6-7-13(17)12-16(3)10-8-14(11-15)18-5-2/h13-14H,4-12,15H2,1-3H3. The van der Waals surface area contributed by atoms with E-state index in [2.05, 4.69) is 23.8 Å². The molecule has 4 nitrogen and oxygen atoms in total. The third-order valence-corrected chi connectivity index (χ3v) is 3.93. The Balaban J connectivity index is 2.22. The Hall–Kier alpha value is -0.160.